The second-order valence-corrected chi connectivity index (χ2v) is 13.9. The summed E-state index contributed by atoms with van der Waals surface area (Å²) in [4.78, 5) is 12.5. The summed E-state index contributed by atoms with van der Waals surface area (Å²) in [5, 5.41) is 0.325. The zero-order valence-corrected chi connectivity index (χ0v) is 16.3. The van der Waals surface area contributed by atoms with E-state index in [2.05, 4.69) is 33.9 Å². The molecule has 1 saturated heterocycles. The van der Waals surface area contributed by atoms with Gasteiger partial charge in [-0.3, -0.25) is 0 Å². The van der Waals surface area contributed by atoms with Crippen LogP contribution in [-0.2, 0) is 19.9 Å². The minimum Gasteiger partial charge on any atom is -0.464 e. The van der Waals surface area contributed by atoms with Crippen molar-refractivity contribution in [2.24, 2.45) is 0 Å². The van der Waals surface area contributed by atoms with Gasteiger partial charge < -0.3 is 9.47 Å². The third-order valence-corrected chi connectivity index (χ3v) is 11.0. The molecule has 4 heteroatoms. The van der Waals surface area contributed by atoms with Crippen LogP contribution in [0.4, 0.5) is 0 Å². The largest absolute Gasteiger partial charge is 0.464 e. The van der Waals surface area contributed by atoms with Crippen molar-refractivity contribution in [2.45, 2.75) is 70.0 Å². The maximum absolute atomic E-state index is 12.5. The van der Waals surface area contributed by atoms with Gasteiger partial charge in [0, 0.05) is 6.42 Å². The van der Waals surface area contributed by atoms with Crippen LogP contribution >= 0.6 is 0 Å². The minimum absolute atomic E-state index is 0.153. The molecule has 1 fully saturated rings. The van der Waals surface area contributed by atoms with Gasteiger partial charge in [-0.15, -0.1) is 0 Å². The van der Waals surface area contributed by atoms with E-state index in [1.54, 1.807) is 0 Å². The van der Waals surface area contributed by atoms with Crippen molar-refractivity contribution in [3.8, 4) is 0 Å². The molecule has 0 radical (unpaired) electrons. The second-order valence-electron chi connectivity index (χ2n) is 8.20. The van der Waals surface area contributed by atoms with Gasteiger partial charge in [0.05, 0.1) is 20.8 Å². The summed E-state index contributed by atoms with van der Waals surface area (Å²) >= 11 is 0. The van der Waals surface area contributed by atoms with Crippen molar-refractivity contribution in [1.29, 1.82) is 0 Å². The molecule has 0 aromatic heterocycles. The summed E-state index contributed by atoms with van der Waals surface area (Å²) in [6.07, 6.45) is 0.878. The van der Waals surface area contributed by atoms with Crippen molar-refractivity contribution in [3.05, 3.63) is 35.9 Å². The van der Waals surface area contributed by atoms with Gasteiger partial charge in [0.15, 0.2) is 5.60 Å². The molecule has 1 aliphatic rings. The van der Waals surface area contributed by atoms with Gasteiger partial charge in [-0.05, 0) is 23.6 Å². The molecular weight excluding hydrogens is 304 g/mol. The van der Waals surface area contributed by atoms with E-state index < -0.39 is 13.7 Å². The molecule has 3 nitrogen and oxygen atoms in total. The molecule has 0 saturated carbocycles. The Balaban J connectivity index is 2.15. The number of hydrogen-bond acceptors (Lipinski definition) is 3. The average molecular weight is 335 g/mol. The van der Waals surface area contributed by atoms with E-state index in [0.717, 1.165) is 18.0 Å². The molecule has 1 aliphatic heterocycles. The Bertz CT molecular complexity index is 539. The molecule has 0 N–H and O–H groups in total. The van der Waals surface area contributed by atoms with Crippen molar-refractivity contribution in [1.82, 2.24) is 0 Å². The van der Waals surface area contributed by atoms with E-state index in [1.165, 1.54) is 0 Å². The summed E-state index contributed by atoms with van der Waals surface area (Å²) in [6, 6.07) is 10.8. The Morgan fingerprint density at radius 3 is 2.35 bits per heavy atom. The van der Waals surface area contributed by atoms with Crippen LogP contribution in [0, 0.1) is 0 Å². The molecule has 0 amide bonds. The lowest BCUT2D eigenvalue weighted by atomic mass is 9.83. The molecular formula is C19H30O3Si. The van der Waals surface area contributed by atoms with Crippen molar-refractivity contribution < 1.29 is 14.3 Å². The Labute approximate surface area is 141 Å². The number of carbonyl (C=O) groups is 1. The lowest BCUT2D eigenvalue weighted by Gasteiger charge is -2.49. The fourth-order valence-corrected chi connectivity index (χ4v) is 4.95. The highest BCUT2D eigenvalue weighted by Crippen LogP contribution is 2.49. The van der Waals surface area contributed by atoms with Crippen molar-refractivity contribution in [2.75, 3.05) is 6.61 Å². The maximum Gasteiger partial charge on any atom is 0.343 e. The smallest absolute Gasteiger partial charge is 0.343 e. The number of ether oxygens (including phenoxy) is 2. The molecule has 1 heterocycles. The molecule has 23 heavy (non-hydrogen) atoms. The lowest BCUT2D eigenvalue weighted by Crippen LogP contribution is -2.57. The highest BCUT2D eigenvalue weighted by molar-refractivity contribution is 6.80. The van der Waals surface area contributed by atoms with Crippen LogP contribution in [0.15, 0.2) is 30.3 Å². The highest BCUT2D eigenvalue weighted by Gasteiger charge is 2.56. The Morgan fingerprint density at radius 2 is 1.87 bits per heavy atom. The minimum atomic E-state index is -1.43. The average Bonchev–Trinajstić information content (AvgIpc) is 2.42. The number of rotatable bonds is 5. The van der Waals surface area contributed by atoms with E-state index in [9.17, 15) is 4.79 Å². The third kappa shape index (κ3) is 3.53. The zero-order valence-electron chi connectivity index (χ0n) is 15.3. The molecule has 0 spiro atoms. The van der Waals surface area contributed by atoms with E-state index in [-0.39, 0.29) is 12.1 Å². The monoisotopic (exact) mass is 334 g/mol. The zero-order chi connectivity index (χ0) is 17.3. The number of benzene rings is 1. The fourth-order valence-electron chi connectivity index (χ4n) is 2.97. The Kier molecular flexibility index (Phi) is 5.07. The number of carbonyl (C=O) groups excluding carboxylic acids is 1. The Morgan fingerprint density at radius 1 is 1.30 bits per heavy atom. The predicted molar refractivity (Wildman–Crippen MR) is 96.2 cm³/mol. The van der Waals surface area contributed by atoms with Gasteiger partial charge in [0.1, 0.15) is 0 Å². The summed E-state index contributed by atoms with van der Waals surface area (Å²) < 4.78 is 11.5. The Hall–Kier alpha value is -1.13. The van der Waals surface area contributed by atoms with E-state index in [0.29, 0.717) is 11.6 Å². The van der Waals surface area contributed by atoms with Crippen LogP contribution in [-0.4, -0.2) is 26.8 Å². The van der Waals surface area contributed by atoms with E-state index >= 15 is 0 Å². The third-order valence-electron chi connectivity index (χ3n) is 5.50. The first-order chi connectivity index (χ1) is 10.6. The van der Waals surface area contributed by atoms with E-state index in [4.69, 9.17) is 9.47 Å². The number of hydrogen-bond donors (Lipinski definition) is 0. The van der Waals surface area contributed by atoms with Crippen LogP contribution in [0.1, 0.15) is 39.7 Å². The quantitative estimate of drug-likeness (QED) is 0.576. The first kappa shape index (κ1) is 18.2. The second kappa shape index (κ2) is 6.40. The standard InChI is InChI=1S/C19H30O3Si/c1-7-21-17(20)19(15-11-9-8-10-12-15)13-16(22-19)14-23(5,6)18(2,3)4/h8-12,16H,7,13-14H2,1-6H3/t16-,19+/m0/s1. The van der Waals surface area contributed by atoms with Gasteiger partial charge in [-0.25, -0.2) is 4.79 Å². The topological polar surface area (TPSA) is 35.5 Å². The fraction of sp³-hybridized carbons (Fsp3) is 0.632. The first-order valence-electron chi connectivity index (χ1n) is 8.53. The summed E-state index contributed by atoms with van der Waals surface area (Å²) in [6.45, 7) is 14.0. The van der Waals surface area contributed by atoms with Gasteiger partial charge >= 0.3 is 5.97 Å². The normalized spacial score (nSPS) is 24.9. The first-order valence-corrected chi connectivity index (χ1v) is 11.7. The van der Waals surface area contributed by atoms with Gasteiger partial charge in [0.2, 0.25) is 0 Å². The molecule has 0 aliphatic carbocycles. The molecule has 1 aromatic carbocycles. The van der Waals surface area contributed by atoms with Gasteiger partial charge in [-0.1, -0.05) is 64.2 Å². The van der Waals surface area contributed by atoms with Crippen molar-refractivity contribution in [3.63, 3.8) is 0 Å². The van der Waals surface area contributed by atoms with Crippen LogP contribution in [0.3, 0.4) is 0 Å². The van der Waals surface area contributed by atoms with Gasteiger partial charge in [0.25, 0.3) is 0 Å². The van der Waals surface area contributed by atoms with Crippen LogP contribution in [0.5, 0.6) is 0 Å². The van der Waals surface area contributed by atoms with Gasteiger partial charge in [-0.2, -0.15) is 0 Å². The van der Waals surface area contributed by atoms with Crippen LogP contribution in [0.25, 0.3) is 0 Å². The SMILES string of the molecule is CCOC(=O)[C@]1(c2ccccc2)C[C@@H](C[Si](C)(C)C(C)(C)C)O1. The number of esters is 1. The molecule has 128 valence electrons. The summed E-state index contributed by atoms with van der Waals surface area (Å²) in [7, 11) is -1.43. The van der Waals surface area contributed by atoms with Crippen LogP contribution in [0.2, 0.25) is 24.2 Å². The summed E-state index contributed by atoms with van der Waals surface area (Å²) in [5.74, 6) is -0.252. The molecule has 0 unspecified atom stereocenters. The molecule has 2 rings (SSSR count). The molecule has 1 aromatic rings. The molecule has 2 atom stereocenters. The lowest BCUT2D eigenvalue weighted by molar-refractivity contribution is -0.227. The molecule has 0 bridgehead atoms. The predicted octanol–water partition coefficient (Wildman–Crippen LogP) is 4.74. The maximum atomic E-state index is 12.5. The highest BCUT2D eigenvalue weighted by atomic mass is 28.3. The summed E-state index contributed by atoms with van der Waals surface area (Å²) in [5.41, 5.74) is 0.00883. The van der Waals surface area contributed by atoms with Crippen LogP contribution < -0.4 is 0 Å². The van der Waals surface area contributed by atoms with Crippen molar-refractivity contribution >= 4 is 14.0 Å². The van der Waals surface area contributed by atoms with E-state index in [1.807, 2.05) is 37.3 Å².